The minimum atomic E-state index is 0.901. The van der Waals surface area contributed by atoms with Crippen molar-refractivity contribution in [3.05, 3.63) is 29.8 Å². The third kappa shape index (κ3) is 2.42. The summed E-state index contributed by atoms with van der Waals surface area (Å²) in [6.45, 7) is 2.91. The molecule has 16 heavy (non-hydrogen) atoms. The highest BCUT2D eigenvalue weighted by Gasteiger charge is 2.02. The van der Waals surface area contributed by atoms with E-state index < -0.39 is 0 Å². The van der Waals surface area contributed by atoms with Gasteiger partial charge in [-0.05, 0) is 18.9 Å². The maximum atomic E-state index is 4.28. The maximum absolute atomic E-state index is 4.28. The molecule has 0 atom stereocenters. The van der Waals surface area contributed by atoms with Crippen molar-refractivity contribution in [1.82, 2.24) is 19.6 Å². The number of rotatable bonds is 4. The van der Waals surface area contributed by atoms with Crippen LogP contribution in [-0.2, 0) is 20.5 Å². The predicted molar refractivity (Wildman–Crippen MR) is 63.3 cm³/mol. The molecule has 0 fully saturated rings. The monoisotopic (exact) mass is 219 g/mol. The van der Waals surface area contributed by atoms with E-state index in [0.29, 0.717) is 0 Å². The first-order valence-electron chi connectivity index (χ1n) is 5.37. The molecule has 0 aliphatic carbocycles. The summed E-state index contributed by atoms with van der Waals surface area (Å²) in [4.78, 5) is 0. The standard InChI is InChI=1S/C11H17N5/c1-9-11(8-16(3)14-9)12-5-4-10-6-13-15(2)7-10/h6-8,12H,4-5H2,1-3H3. The van der Waals surface area contributed by atoms with E-state index in [1.54, 1.807) is 0 Å². The number of aryl methyl sites for hydroxylation is 3. The first-order chi connectivity index (χ1) is 7.65. The molecule has 0 aliphatic rings. The molecule has 5 heteroatoms. The van der Waals surface area contributed by atoms with E-state index in [0.717, 1.165) is 24.3 Å². The lowest BCUT2D eigenvalue weighted by Gasteiger charge is -2.02. The topological polar surface area (TPSA) is 47.7 Å². The highest BCUT2D eigenvalue weighted by molar-refractivity contribution is 5.45. The number of aromatic nitrogens is 4. The van der Waals surface area contributed by atoms with Crippen molar-refractivity contribution < 1.29 is 0 Å². The lowest BCUT2D eigenvalue weighted by Crippen LogP contribution is -2.04. The van der Waals surface area contributed by atoms with Crippen molar-refractivity contribution in [2.24, 2.45) is 14.1 Å². The van der Waals surface area contributed by atoms with Gasteiger partial charge in [0.2, 0.25) is 0 Å². The van der Waals surface area contributed by atoms with E-state index in [2.05, 4.69) is 15.5 Å². The SMILES string of the molecule is Cc1nn(C)cc1NCCc1cnn(C)c1. The molecule has 5 nitrogen and oxygen atoms in total. The summed E-state index contributed by atoms with van der Waals surface area (Å²) in [5.41, 5.74) is 3.39. The second kappa shape index (κ2) is 4.38. The van der Waals surface area contributed by atoms with E-state index in [1.807, 2.05) is 49.0 Å². The quantitative estimate of drug-likeness (QED) is 0.838. The largest absolute Gasteiger partial charge is 0.382 e. The Hall–Kier alpha value is -1.78. The van der Waals surface area contributed by atoms with Crippen LogP contribution in [0, 0.1) is 6.92 Å². The smallest absolute Gasteiger partial charge is 0.0824 e. The fourth-order valence-electron chi connectivity index (χ4n) is 1.72. The molecule has 0 aliphatic heterocycles. The van der Waals surface area contributed by atoms with E-state index in [9.17, 15) is 0 Å². The van der Waals surface area contributed by atoms with Crippen LogP contribution in [0.5, 0.6) is 0 Å². The van der Waals surface area contributed by atoms with Crippen LogP contribution in [0.3, 0.4) is 0 Å². The van der Waals surface area contributed by atoms with Crippen molar-refractivity contribution in [2.75, 3.05) is 11.9 Å². The third-order valence-corrected chi connectivity index (χ3v) is 2.50. The lowest BCUT2D eigenvalue weighted by atomic mass is 10.2. The molecule has 2 aromatic rings. The van der Waals surface area contributed by atoms with Gasteiger partial charge in [-0.15, -0.1) is 0 Å². The van der Waals surface area contributed by atoms with Crippen molar-refractivity contribution >= 4 is 5.69 Å². The summed E-state index contributed by atoms with van der Waals surface area (Å²) in [6.07, 6.45) is 6.91. The maximum Gasteiger partial charge on any atom is 0.0824 e. The molecule has 0 radical (unpaired) electrons. The first kappa shape index (κ1) is 10.7. The predicted octanol–water partition coefficient (Wildman–Crippen LogP) is 1.12. The second-order valence-corrected chi connectivity index (χ2v) is 4.00. The summed E-state index contributed by atoms with van der Waals surface area (Å²) in [7, 11) is 3.86. The van der Waals surface area contributed by atoms with Crippen molar-refractivity contribution in [3.63, 3.8) is 0 Å². The van der Waals surface area contributed by atoms with Gasteiger partial charge in [-0.1, -0.05) is 0 Å². The summed E-state index contributed by atoms with van der Waals surface area (Å²) >= 11 is 0. The highest BCUT2D eigenvalue weighted by atomic mass is 15.3. The van der Waals surface area contributed by atoms with Gasteiger partial charge in [-0.3, -0.25) is 9.36 Å². The Morgan fingerprint density at radius 3 is 2.62 bits per heavy atom. The molecule has 0 bridgehead atoms. The third-order valence-electron chi connectivity index (χ3n) is 2.50. The van der Waals surface area contributed by atoms with Gasteiger partial charge in [-0.25, -0.2) is 0 Å². The number of hydrogen-bond acceptors (Lipinski definition) is 3. The van der Waals surface area contributed by atoms with Gasteiger partial charge in [-0.2, -0.15) is 10.2 Å². The molecule has 0 unspecified atom stereocenters. The molecular weight excluding hydrogens is 202 g/mol. The van der Waals surface area contributed by atoms with Gasteiger partial charge in [0.25, 0.3) is 0 Å². The number of nitrogens with zero attached hydrogens (tertiary/aromatic N) is 4. The van der Waals surface area contributed by atoms with Crippen LogP contribution in [0.4, 0.5) is 5.69 Å². The molecule has 1 N–H and O–H groups in total. The van der Waals surface area contributed by atoms with Crippen LogP contribution in [0.25, 0.3) is 0 Å². The second-order valence-electron chi connectivity index (χ2n) is 4.00. The lowest BCUT2D eigenvalue weighted by molar-refractivity contribution is 0.756. The van der Waals surface area contributed by atoms with Gasteiger partial charge >= 0.3 is 0 Å². The van der Waals surface area contributed by atoms with Crippen molar-refractivity contribution in [2.45, 2.75) is 13.3 Å². The van der Waals surface area contributed by atoms with Gasteiger partial charge in [0.15, 0.2) is 0 Å². The minimum absolute atomic E-state index is 0.901. The van der Waals surface area contributed by atoms with Gasteiger partial charge in [0, 0.05) is 33.0 Å². The molecule has 0 spiro atoms. The molecular formula is C11H17N5. The number of hydrogen-bond donors (Lipinski definition) is 1. The summed E-state index contributed by atoms with van der Waals surface area (Å²) in [5, 5.41) is 11.8. The molecule has 0 aromatic carbocycles. The zero-order valence-corrected chi connectivity index (χ0v) is 9.94. The van der Waals surface area contributed by atoms with E-state index >= 15 is 0 Å². The van der Waals surface area contributed by atoms with Crippen LogP contribution in [0.2, 0.25) is 0 Å². The van der Waals surface area contributed by atoms with Crippen LogP contribution >= 0.6 is 0 Å². The summed E-state index contributed by atoms with van der Waals surface area (Å²) < 4.78 is 3.65. The van der Waals surface area contributed by atoms with Crippen LogP contribution in [-0.4, -0.2) is 26.1 Å². The fourth-order valence-corrected chi connectivity index (χ4v) is 1.72. The average Bonchev–Trinajstić information content (AvgIpc) is 2.74. The molecule has 0 saturated heterocycles. The van der Waals surface area contributed by atoms with Crippen LogP contribution < -0.4 is 5.32 Å². The average molecular weight is 219 g/mol. The van der Waals surface area contributed by atoms with E-state index in [4.69, 9.17) is 0 Å². The zero-order valence-electron chi connectivity index (χ0n) is 9.94. The molecule has 0 saturated carbocycles. The Balaban J connectivity index is 1.86. The fraction of sp³-hybridized carbons (Fsp3) is 0.455. The Morgan fingerprint density at radius 2 is 2.06 bits per heavy atom. The van der Waals surface area contributed by atoms with E-state index in [1.165, 1.54) is 5.56 Å². The number of nitrogens with one attached hydrogen (secondary N) is 1. The first-order valence-corrected chi connectivity index (χ1v) is 5.37. The molecule has 2 rings (SSSR count). The molecule has 2 aromatic heterocycles. The van der Waals surface area contributed by atoms with Gasteiger partial charge < -0.3 is 5.32 Å². The molecule has 2 heterocycles. The molecule has 86 valence electrons. The normalized spacial score (nSPS) is 10.7. The van der Waals surface area contributed by atoms with Crippen molar-refractivity contribution in [1.29, 1.82) is 0 Å². The van der Waals surface area contributed by atoms with Crippen LogP contribution in [0.15, 0.2) is 18.6 Å². The zero-order chi connectivity index (χ0) is 11.5. The summed E-state index contributed by atoms with van der Waals surface area (Å²) in [6, 6.07) is 0. The van der Waals surface area contributed by atoms with Crippen molar-refractivity contribution in [3.8, 4) is 0 Å². The van der Waals surface area contributed by atoms with Gasteiger partial charge in [0.05, 0.1) is 17.6 Å². The number of anilines is 1. The Labute approximate surface area is 95.1 Å². The van der Waals surface area contributed by atoms with E-state index in [-0.39, 0.29) is 0 Å². The highest BCUT2D eigenvalue weighted by Crippen LogP contribution is 2.11. The van der Waals surface area contributed by atoms with Gasteiger partial charge in [0.1, 0.15) is 0 Å². The Kier molecular flexibility index (Phi) is 2.94. The molecule has 0 amide bonds. The Bertz CT molecular complexity index is 468. The Morgan fingerprint density at radius 1 is 1.25 bits per heavy atom. The van der Waals surface area contributed by atoms with Crippen LogP contribution in [0.1, 0.15) is 11.3 Å². The minimum Gasteiger partial charge on any atom is -0.382 e. The summed E-state index contributed by atoms with van der Waals surface area (Å²) in [5.74, 6) is 0.